The van der Waals surface area contributed by atoms with E-state index in [0.717, 1.165) is 5.56 Å². The molecule has 2 amide bonds. The third kappa shape index (κ3) is 6.15. The Morgan fingerprint density at radius 2 is 2.04 bits per heavy atom. The van der Waals surface area contributed by atoms with Gasteiger partial charge in [0.05, 0.1) is 13.1 Å². The summed E-state index contributed by atoms with van der Waals surface area (Å²) in [4.78, 5) is 26.6. The smallest absolute Gasteiger partial charge is 0.239 e. The van der Waals surface area contributed by atoms with Crippen molar-refractivity contribution in [2.24, 2.45) is 5.73 Å². The van der Waals surface area contributed by atoms with Crippen molar-refractivity contribution in [1.82, 2.24) is 20.8 Å². The van der Waals surface area contributed by atoms with E-state index in [9.17, 15) is 9.59 Å². The molecule has 0 aliphatic heterocycles. The van der Waals surface area contributed by atoms with Gasteiger partial charge < -0.3 is 20.9 Å². The summed E-state index contributed by atoms with van der Waals surface area (Å²) in [5, 5.41) is 9.45. The van der Waals surface area contributed by atoms with Crippen molar-refractivity contribution in [1.29, 1.82) is 0 Å². The van der Waals surface area contributed by atoms with Crippen LogP contribution in [0.5, 0.6) is 0 Å². The lowest BCUT2D eigenvalue weighted by molar-refractivity contribution is -0.125. The number of hydrogen-bond donors (Lipinski definition) is 3. The summed E-state index contributed by atoms with van der Waals surface area (Å²) in [5.41, 5.74) is 5.87. The minimum atomic E-state index is -0.386. The first kappa shape index (κ1) is 19.9. The van der Waals surface area contributed by atoms with E-state index in [1.807, 2.05) is 6.07 Å². The fourth-order valence-corrected chi connectivity index (χ4v) is 1.91. The van der Waals surface area contributed by atoms with Gasteiger partial charge in [0.25, 0.3) is 0 Å². The van der Waals surface area contributed by atoms with Crippen LogP contribution < -0.4 is 16.4 Å². The summed E-state index contributed by atoms with van der Waals surface area (Å²) in [7, 11) is 0. The van der Waals surface area contributed by atoms with Crippen molar-refractivity contribution in [3.63, 3.8) is 0 Å². The molecule has 130 valence electrons. The molecular formula is C14H17Cl2N5O3. The number of halogens is 2. The molecule has 0 spiro atoms. The van der Waals surface area contributed by atoms with E-state index in [1.165, 1.54) is 0 Å². The van der Waals surface area contributed by atoms with Crippen LogP contribution in [0.25, 0.3) is 11.4 Å². The molecule has 1 aromatic heterocycles. The quantitative estimate of drug-likeness (QED) is 0.650. The molecule has 0 fully saturated rings. The highest BCUT2D eigenvalue weighted by Gasteiger charge is 2.09. The lowest BCUT2D eigenvalue weighted by Crippen LogP contribution is -2.40. The van der Waals surface area contributed by atoms with Gasteiger partial charge in [-0.15, -0.1) is 12.4 Å². The second-order valence-electron chi connectivity index (χ2n) is 4.60. The molecule has 0 aliphatic carbocycles. The van der Waals surface area contributed by atoms with Crippen LogP contribution in [0.4, 0.5) is 0 Å². The summed E-state index contributed by atoms with van der Waals surface area (Å²) in [6.07, 6.45) is 0.379. The predicted molar refractivity (Wildman–Crippen MR) is 90.8 cm³/mol. The third-order valence-electron chi connectivity index (χ3n) is 2.84. The molecule has 1 aromatic carbocycles. The Hall–Kier alpha value is -2.16. The molecule has 10 heteroatoms. The summed E-state index contributed by atoms with van der Waals surface area (Å²) in [6, 6.07) is 7.11. The Balaban J connectivity index is 0.00000288. The molecule has 0 atom stereocenters. The highest BCUT2D eigenvalue weighted by molar-refractivity contribution is 6.30. The fourth-order valence-electron chi connectivity index (χ4n) is 1.72. The van der Waals surface area contributed by atoms with Gasteiger partial charge in [-0.2, -0.15) is 4.98 Å². The zero-order valence-electron chi connectivity index (χ0n) is 12.6. The number of carbonyl (C=O) groups is 2. The number of nitrogens with zero attached hydrogens (tertiary/aromatic N) is 2. The molecule has 2 aromatic rings. The molecule has 0 unspecified atom stereocenters. The number of rotatable bonds is 7. The standard InChI is InChI=1S/C14H16ClN5O3.ClH/c15-10-3-1-2-9(6-10)14-19-13(23-20-14)4-5-17-12(22)8-18-11(21)7-16;/h1-3,6H,4-5,7-8,16H2,(H,17,22)(H,18,21);1H. The first-order valence-electron chi connectivity index (χ1n) is 6.90. The highest BCUT2D eigenvalue weighted by Crippen LogP contribution is 2.19. The molecular weight excluding hydrogens is 357 g/mol. The van der Waals surface area contributed by atoms with Crippen LogP contribution in [-0.4, -0.2) is 41.6 Å². The van der Waals surface area contributed by atoms with Crippen molar-refractivity contribution >= 4 is 35.8 Å². The molecule has 0 saturated heterocycles. The average molecular weight is 374 g/mol. The van der Waals surface area contributed by atoms with Gasteiger partial charge in [0.1, 0.15) is 0 Å². The molecule has 0 saturated carbocycles. The van der Waals surface area contributed by atoms with Crippen molar-refractivity contribution in [2.45, 2.75) is 6.42 Å². The monoisotopic (exact) mass is 373 g/mol. The van der Waals surface area contributed by atoms with Crippen molar-refractivity contribution in [3.05, 3.63) is 35.2 Å². The maximum absolute atomic E-state index is 11.5. The fraction of sp³-hybridized carbons (Fsp3) is 0.286. The van der Waals surface area contributed by atoms with E-state index in [0.29, 0.717) is 29.7 Å². The van der Waals surface area contributed by atoms with Crippen LogP contribution >= 0.6 is 24.0 Å². The zero-order valence-corrected chi connectivity index (χ0v) is 14.2. The van der Waals surface area contributed by atoms with E-state index >= 15 is 0 Å². The molecule has 0 aliphatic rings. The summed E-state index contributed by atoms with van der Waals surface area (Å²) in [5.74, 6) is 0.125. The van der Waals surface area contributed by atoms with Gasteiger partial charge in [0.2, 0.25) is 23.5 Å². The Morgan fingerprint density at radius 1 is 1.25 bits per heavy atom. The van der Waals surface area contributed by atoms with Crippen molar-refractivity contribution in [2.75, 3.05) is 19.6 Å². The van der Waals surface area contributed by atoms with Gasteiger partial charge >= 0.3 is 0 Å². The first-order chi connectivity index (χ1) is 11.1. The largest absolute Gasteiger partial charge is 0.354 e. The number of benzene rings is 1. The molecule has 0 bridgehead atoms. The van der Waals surface area contributed by atoms with Crippen LogP contribution in [0.3, 0.4) is 0 Å². The molecule has 4 N–H and O–H groups in total. The number of amides is 2. The Morgan fingerprint density at radius 3 is 2.75 bits per heavy atom. The van der Waals surface area contributed by atoms with E-state index in [1.54, 1.807) is 18.2 Å². The van der Waals surface area contributed by atoms with Crippen molar-refractivity contribution < 1.29 is 14.1 Å². The van der Waals surface area contributed by atoms with E-state index < -0.39 is 0 Å². The van der Waals surface area contributed by atoms with Gasteiger partial charge in [-0.1, -0.05) is 28.9 Å². The maximum atomic E-state index is 11.5. The Bertz CT molecular complexity index is 693. The van der Waals surface area contributed by atoms with E-state index in [-0.39, 0.29) is 37.3 Å². The van der Waals surface area contributed by atoms with Gasteiger partial charge in [-0.25, -0.2) is 0 Å². The van der Waals surface area contributed by atoms with Gasteiger partial charge in [0, 0.05) is 23.6 Å². The predicted octanol–water partition coefficient (Wildman–Crippen LogP) is 0.545. The molecule has 24 heavy (non-hydrogen) atoms. The summed E-state index contributed by atoms with van der Waals surface area (Å²) in [6.45, 7) is 0.0453. The highest BCUT2D eigenvalue weighted by atomic mass is 35.5. The maximum Gasteiger partial charge on any atom is 0.239 e. The first-order valence-corrected chi connectivity index (χ1v) is 7.28. The van der Waals surface area contributed by atoms with E-state index in [2.05, 4.69) is 20.8 Å². The lowest BCUT2D eigenvalue weighted by Gasteiger charge is -2.04. The minimum absolute atomic E-state index is 0. The Kier molecular flexibility index (Phi) is 8.17. The van der Waals surface area contributed by atoms with E-state index in [4.69, 9.17) is 21.9 Å². The topological polar surface area (TPSA) is 123 Å². The minimum Gasteiger partial charge on any atom is -0.354 e. The second-order valence-corrected chi connectivity index (χ2v) is 5.04. The molecule has 2 rings (SSSR count). The number of aromatic nitrogens is 2. The average Bonchev–Trinajstić information content (AvgIpc) is 3.01. The van der Waals surface area contributed by atoms with Gasteiger partial charge in [0.15, 0.2) is 0 Å². The third-order valence-corrected chi connectivity index (χ3v) is 3.08. The number of carbonyl (C=O) groups excluding carboxylic acids is 2. The van der Waals surface area contributed by atoms with Crippen LogP contribution in [-0.2, 0) is 16.0 Å². The molecule has 0 radical (unpaired) electrons. The summed E-state index contributed by atoms with van der Waals surface area (Å²) < 4.78 is 5.11. The van der Waals surface area contributed by atoms with Gasteiger partial charge in [-0.05, 0) is 12.1 Å². The van der Waals surface area contributed by atoms with Crippen LogP contribution in [0.1, 0.15) is 5.89 Å². The summed E-state index contributed by atoms with van der Waals surface area (Å²) >= 11 is 5.91. The Labute approximate surface area is 149 Å². The second kappa shape index (κ2) is 9.86. The molecule has 1 heterocycles. The van der Waals surface area contributed by atoms with Crippen LogP contribution in [0, 0.1) is 0 Å². The number of hydrogen-bond acceptors (Lipinski definition) is 6. The lowest BCUT2D eigenvalue weighted by atomic mass is 10.2. The van der Waals surface area contributed by atoms with Crippen LogP contribution in [0.2, 0.25) is 5.02 Å². The number of nitrogens with one attached hydrogen (secondary N) is 2. The van der Waals surface area contributed by atoms with Crippen molar-refractivity contribution in [3.8, 4) is 11.4 Å². The zero-order chi connectivity index (χ0) is 16.7. The number of nitrogens with two attached hydrogens (primary N) is 1. The normalized spacial score (nSPS) is 9.92. The van der Waals surface area contributed by atoms with Crippen LogP contribution in [0.15, 0.2) is 28.8 Å². The SMILES string of the molecule is Cl.NCC(=O)NCC(=O)NCCc1nc(-c2cccc(Cl)c2)no1. The van der Waals surface area contributed by atoms with Gasteiger partial charge in [-0.3, -0.25) is 9.59 Å². The molecule has 8 nitrogen and oxygen atoms in total.